The molecule has 2 amide bonds. The molecule has 0 aromatic heterocycles. The Labute approximate surface area is 155 Å². The van der Waals surface area contributed by atoms with Gasteiger partial charge in [-0.1, -0.05) is 17.7 Å². The fourth-order valence-electron chi connectivity index (χ4n) is 2.08. The number of nitrogens with one attached hydrogen (secondary N) is 1. The van der Waals surface area contributed by atoms with Crippen LogP contribution in [0, 0.1) is 11.3 Å². The number of halogens is 1. The van der Waals surface area contributed by atoms with Crippen molar-refractivity contribution in [3.05, 3.63) is 64.2 Å². The predicted octanol–water partition coefficient (Wildman–Crippen LogP) is 3.29. The minimum atomic E-state index is -0.594. The highest BCUT2D eigenvalue weighted by atomic mass is 35.5. The summed E-state index contributed by atoms with van der Waals surface area (Å²) in [6.07, 6.45) is 1.37. The van der Waals surface area contributed by atoms with Gasteiger partial charge in [-0.2, -0.15) is 5.26 Å². The molecule has 2 aromatic rings. The molecule has 132 valence electrons. The highest BCUT2D eigenvalue weighted by molar-refractivity contribution is 6.32. The molecule has 2 rings (SSSR count). The third kappa shape index (κ3) is 4.62. The van der Waals surface area contributed by atoms with Crippen LogP contribution in [-0.4, -0.2) is 35.9 Å². The molecule has 0 aliphatic rings. The van der Waals surface area contributed by atoms with Gasteiger partial charge in [-0.3, -0.25) is 9.59 Å². The number of carbonyl (C=O) groups excluding carboxylic acids is 2. The summed E-state index contributed by atoms with van der Waals surface area (Å²) >= 11 is 5.82. The smallest absolute Gasteiger partial charge is 0.266 e. The molecule has 26 heavy (non-hydrogen) atoms. The zero-order chi connectivity index (χ0) is 19.3. The van der Waals surface area contributed by atoms with Crippen LogP contribution in [0.1, 0.15) is 15.9 Å². The van der Waals surface area contributed by atoms with Crippen molar-refractivity contribution in [3.63, 3.8) is 0 Å². The Bertz CT molecular complexity index is 913. The molecule has 0 bridgehead atoms. The lowest BCUT2D eigenvalue weighted by molar-refractivity contribution is -0.112. The molecule has 6 nitrogen and oxygen atoms in total. The fraction of sp³-hybridized carbons (Fsp3) is 0.105. The first-order valence-corrected chi connectivity index (χ1v) is 7.93. The number of nitrogens with zero attached hydrogens (tertiary/aromatic N) is 2. The number of hydrogen-bond donors (Lipinski definition) is 2. The number of hydrogen-bond acceptors (Lipinski definition) is 4. The first-order valence-electron chi connectivity index (χ1n) is 7.55. The van der Waals surface area contributed by atoms with Crippen LogP contribution in [0.15, 0.2) is 48.0 Å². The van der Waals surface area contributed by atoms with E-state index in [1.165, 1.54) is 29.2 Å². The average Bonchev–Trinajstić information content (AvgIpc) is 2.62. The van der Waals surface area contributed by atoms with E-state index in [4.69, 9.17) is 11.6 Å². The molecule has 0 spiro atoms. The van der Waals surface area contributed by atoms with Gasteiger partial charge in [0.2, 0.25) is 0 Å². The lowest BCUT2D eigenvalue weighted by Crippen LogP contribution is -2.21. The number of amides is 2. The Morgan fingerprint density at radius 2 is 1.85 bits per heavy atom. The molecule has 2 aromatic carbocycles. The minimum Gasteiger partial charge on any atom is -0.506 e. The van der Waals surface area contributed by atoms with Crippen LogP contribution in [0.4, 0.5) is 5.69 Å². The third-order valence-corrected chi connectivity index (χ3v) is 3.75. The summed E-state index contributed by atoms with van der Waals surface area (Å²) in [7, 11) is 3.30. The third-order valence-electron chi connectivity index (χ3n) is 3.44. The highest BCUT2D eigenvalue weighted by Gasteiger charge is 2.12. The molecular weight excluding hydrogens is 354 g/mol. The van der Waals surface area contributed by atoms with E-state index in [9.17, 15) is 20.0 Å². The van der Waals surface area contributed by atoms with Crippen molar-refractivity contribution in [1.29, 1.82) is 5.26 Å². The maximum atomic E-state index is 12.3. The van der Waals surface area contributed by atoms with Crippen LogP contribution in [0.5, 0.6) is 5.75 Å². The molecule has 0 heterocycles. The van der Waals surface area contributed by atoms with Crippen LogP contribution < -0.4 is 5.32 Å². The van der Waals surface area contributed by atoms with Gasteiger partial charge in [0.15, 0.2) is 0 Å². The summed E-state index contributed by atoms with van der Waals surface area (Å²) in [6.45, 7) is 0. The second kappa shape index (κ2) is 8.19. The Balaban J connectivity index is 2.16. The van der Waals surface area contributed by atoms with E-state index in [0.29, 0.717) is 16.8 Å². The van der Waals surface area contributed by atoms with Crippen molar-refractivity contribution in [2.45, 2.75) is 0 Å². The van der Waals surface area contributed by atoms with E-state index in [1.54, 1.807) is 38.4 Å². The van der Waals surface area contributed by atoms with Gasteiger partial charge in [0.1, 0.15) is 17.4 Å². The molecule has 0 fully saturated rings. The number of phenolic OH excluding ortho intramolecular Hbond substituents is 1. The largest absolute Gasteiger partial charge is 0.506 e. The summed E-state index contributed by atoms with van der Waals surface area (Å²) in [5.41, 5.74) is 1.32. The predicted molar refractivity (Wildman–Crippen MR) is 99.8 cm³/mol. The summed E-state index contributed by atoms with van der Waals surface area (Å²) < 4.78 is 0. The summed E-state index contributed by atoms with van der Waals surface area (Å²) in [6, 6.07) is 12.5. The number of carbonyl (C=O) groups is 2. The standard InChI is InChI=1S/C19H16ClN3O3/c1-23(2)19(26)13-4-6-15(7-5-13)22-18(25)14(11-21)9-12-3-8-17(24)16(20)10-12/h3-10,24H,1-2H3,(H,22,25)/b14-9-. The van der Waals surface area contributed by atoms with Gasteiger partial charge in [0.05, 0.1) is 5.02 Å². The molecule has 0 radical (unpaired) electrons. The maximum absolute atomic E-state index is 12.3. The highest BCUT2D eigenvalue weighted by Crippen LogP contribution is 2.24. The summed E-state index contributed by atoms with van der Waals surface area (Å²) in [5, 5.41) is 21.4. The van der Waals surface area contributed by atoms with Crippen molar-refractivity contribution in [2.75, 3.05) is 19.4 Å². The maximum Gasteiger partial charge on any atom is 0.266 e. The van der Waals surface area contributed by atoms with Crippen LogP contribution >= 0.6 is 11.6 Å². The van der Waals surface area contributed by atoms with Gasteiger partial charge in [-0.15, -0.1) is 0 Å². The molecule has 0 atom stereocenters. The van der Waals surface area contributed by atoms with Crippen LogP contribution in [0.25, 0.3) is 6.08 Å². The lowest BCUT2D eigenvalue weighted by Gasteiger charge is -2.11. The van der Waals surface area contributed by atoms with Crippen molar-refractivity contribution in [2.24, 2.45) is 0 Å². The van der Waals surface area contributed by atoms with Gasteiger partial charge in [0, 0.05) is 25.3 Å². The van der Waals surface area contributed by atoms with Crippen molar-refractivity contribution in [3.8, 4) is 11.8 Å². The molecule has 0 saturated carbocycles. The van der Waals surface area contributed by atoms with Gasteiger partial charge >= 0.3 is 0 Å². The molecule has 0 aliphatic heterocycles. The van der Waals surface area contributed by atoms with E-state index in [0.717, 1.165) is 0 Å². The Kier molecular flexibility index (Phi) is 5.99. The normalized spacial score (nSPS) is 10.8. The van der Waals surface area contributed by atoms with E-state index in [2.05, 4.69) is 5.32 Å². The lowest BCUT2D eigenvalue weighted by atomic mass is 10.1. The Morgan fingerprint density at radius 3 is 2.38 bits per heavy atom. The van der Waals surface area contributed by atoms with Crippen molar-refractivity contribution < 1.29 is 14.7 Å². The van der Waals surface area contributed by atoms with E-state index < -0.39 is 5.91 Å². The molecule has 0 aliphatic carbocycles. The number of nitriles is 1. The molecule has 7 heteroatoms. The average molecular weight is 370 g/mol. The fourth-order valence-corrected chi connectivity index (χ4v) is 2.27. The minimum absolute atomic E-state index is 0.0841. The van der Waals surface area contributed by atoms with Crippen LogP contribution in [0.2, 0.25) is 5.02 Å². The number of phenols is 1. The van der Waals surface area contributed by atoms with Crippen molar-refractivity contribution >= 4 is 35.2 Å². The van der Waals surface area contributed by atoms with Gasteiger partial charge in [0.25, 0.3) is 11.8 Å². The molecular formula is C19H16ClN3O3. The quantitative estimate of drug-likeness (QED) is 0.638. The van der Waals surface area contributed by atoms with E-state index in [-0.39, 0.29) is 22.3 Å². The Hall–Kier alpha value is -3.30. The summed E-state index contributed by atoms with van der Waals surface area (Å²) in [4.78, 5) is 25.6. The first-order chi connectivity index (χ1) is 12.3. The molecule has 0 unspecified atom stereocenters. The second-order valence-corrected chi connectivity index (χ2v) is 6.02. The van der Waals surface area contributed by atoms with E-state index >= 15 is 0 Å². The number of benzene rings is 2. The van der Waals surface area contributed by atoms with Gasteiger partial charge in [-0.05, 0) is 48.0 Å². The van der Waals surface area contributed by atoms with Crippen molar-refractivity contribution in [1.82, 2.24) is 4.90 Å². The Morgan fingerprint density at radius 1 is 1.19 bits per heavy atom. The zero-order valence-electron chi connectivity index (χ0n) is 14.2. The molecule has 2 N–H and O–H groups in total. The molecule has 0 saturated heterocycles. The monoisotopic (exact) mass is 369 g/mol. The topological polar surface area (TPSA) is 93.4 Å². The number of anilines is 1. The van der Waals surface area contributed by atoms with Crippen LogP contribution in [-0.2, 0) is 4.79 Å². The SMILES string of the molecule is CN(C)C(=O)c1ccc(NC(=O)/C(C#N)=C\c2ccc(O)c(Cl)c2)cc1. The van der Waals surface area contributed by atoms with Crippen LogP contribution in [0.3, 0.4) is 0 Å². The second-order valence-electron chi connectivity index (χ2n) is 5.61. The number of rotatable bonds is 4. The van der Waals surface area contributed by atoms with E-state index in [1.807, 2.05) is 6.07 Å². The van der Waals surface area contributed by atoms with Gasteiger partial charge < -0.3 is 15.3 Å². The first kappa shape index (κ1) is 19.0. The number of aromatic hydroxyl groups is 1. The zero-order valence-corrected chi connectivity index (χ0v) is 14.9. The summed E-state index contributed by atoms with van der Waals surface area (Å²) in [5.74, 6) is -0.827. The van der Waals surface area contributed by atoms with Gasteiger partial charge in [-0.25, -0.2) is 0 Å².